The monoisotopic (exact) mass is 280 g/mol. The maximum Gasteiger partial charge on any atom is 0.341 e. The van der Waals surface area contributed by atoms with Crippen LogP contribution in [0.25, 0.3) is 0 Å². The molecule has 1 aromatic carbocycles. The summed E-state index contributed by atoms with van der Waals surface area (Å²) < 4.78 is 10.4. The summed E-state index contributed by atoms with van der Waals surface area (Å²) in [5.41, 5.74) is 0.534. The average Bonchev–Trinajstić information content (AvgIpc) is 2.46. The van der Waals surface area contributed by atoms with Crippen LogP contribution in [0.2, 0.25) is 0 Å². The van der Waals surface area contributed by atoms with Crippen molar-refractivity contribution in [1.82, 2.24) is 5.32 Å². The number of carbonyl (C=O) groups is 2. The van der Waals surface area contributed by atoms with Gasteiger partial charge in [-0.3, -0.25) is 4.79 Å². The number of amides is 1. The molecule has 7 nitrogen and oxygen atoms in total. The molecular formula is C13H16N2O5. The van der Waals surface area contributed by atoms with Crippen molar-refractivity contribution in [2.75, 3.05) is 31.6 Å². The van der Waals surface area contributed by atoms with Crippen LogP contribution in [-0.2, 0) is 14.3 Å². The van der Waals surface area contributed by atoms with E-state index < -0.39 is 18.7 Å². The number of carbonyl (C=O) groups excluding carboxylic acids is 1. The van der Waals surface area contributed by atoms with Crippen molar-refractivity contribution in [3.63, 3.8) is 0 Å². The number of morpholine rings is 1. The molecule has 7 heteroatoms. The van der Waals surface area contributed by atoms with Crippen LogP contribution in [-0.4, -0.2) is 49.4 Å². The quantitative estimate of drug-likeness (QED) is 0.706. The van der Waals surface area contributed by atoms with Gasteiger partial charge >= 0.3 is 5.97 Å². The fourth-order valence-electron chi connectivity index (χ4n) is 1.77. The Morgan fingerprint density at radius 3 is 3.05 bits per heavy atom. The highest BCUT2D eigenvalue weighted by Gasteiger charge is 2.21. The van der Waals surface area contributed by atoms with Gasteiger partial charge in [0.05, 0.1) is 6.61 Å². The zero-order valence-corrected chi connectivity index (χ0v) is 10.8. The third kappa shape index (κ3) is 4.22. The Morgan fingerprint density at radius 2 is 2.35 bits per heavy atom. The van der Waals surface area contributed by atoms with Crippen LogP contribution in [0, 0.1) is 0 Å². The molecule has 0 aliphatic carbocycles. The largest absolute Gasteiger partial charge is 0.482 e. The third-order valence-electron chi connectivity index (χ3n) is 2.68. The molecule has 1 heterocycles. The number of aliphatic carboxylic acids is 1. The van der Waals surface area contributed by atoms with Crippen molar-refractivity contribution < 1.29 is 24.2 Å². The highest BCUT2D eigenvalue weighted by Crippen LogP contribution is 2.17. The predicted molar refractivity (Wildman–Crippen MR) is 70.8 cm³/mol. The lowest BCUT2D eigenvalue weighted by atomic mass is 10.2. The second-order valence-electron chi connectivity index (χ2n) is 4.26. The highest BCUT2D eigenvalue weighted by atomic mass is 16.5. The molecule has 1 aliphatic heterocycles. The number of rotatable bonds is 5. The molecule has 0 spiro atoms. The first-order valence-corrected chi connectivity index (χ1v) is 6.23. The molecule has 1 unspecified atom stereocenters. The number of nitrogens with one attached hydrogen (secondary N) is 2. The Hall–Kier alpha value is -2.12. The topological polar surface area (TPSA) is 96.9 Å². The fraction of sp³-hybridized carbons (Fsp3) is 0.385. The van der Waals surface area contributed by atoms with Crippen molar-refractivity contribution >= 4 is 17.6 Å². The number of hydrogen-bond donors (Lipinski definition) is 3. The Bertz CT molecular complexity index is 485. The van der Waals surface area contributed by atoms with Gasteiger partial charge in [0.25, 0.3) is 5.91 Å². The summed E-state index contributed by atoms with van der Waals surface area (Å²) in [6, 6.07) is 6.56. The van der Waals surface area contributed by atoms with E-state index in [9.17, 15) is 9.59 Å². The Kier molecular flexibility index (Phi) is 4.91. The maximum absolute atomic E-state index is 11.9. The highest BCUT2D eigenvalue weighted by molar-refractivity contribution is 5.94. The molecule has 1 amide bonds. The van der Waals surface area contributed by atoms with Crippen LogP contribution >= 0.6 is 0 Å². The normalized spacial score (nSPS) is 18.3. The van der Waals surface area contributed by atoms with Gasteiger partial charge in [0.2, 0.25) is 0 Å². The minimum Gasteiger partial charge on any atom is -0.482 e. The van der Waals surface area contributed by atoms with Gasteiger partial charge < -0.3 is 25.2 Å². The van der Waals surface area contributed by atoms with E-state index >= 15 is 0 Å². The van der Waals surface area contributed by atoms with Crippen LogP contribution in [0.3, 0.4) is 0 Å². The Labute approximate surface area is 115 Å². The number of ether oxygens (including phenoxy) is 2. The summed E-state index contributed by atoms with van der Waals surface area (Å²) >= 11 is 0. The fourth-order valence-corrected chi connectivity index (χ4v) is 1.77. The van der Waals surface area contributed by atoms with Crippen molar-refractivity contribution in [2.24, 2.45) is 0 Å². The van der Waals surface area contributed by atoms with E-state index in [0.29, 0.717) is 24.6 Å². The zero-order chi connectivity index (χ0) is 14.4. The van der Waals surface area contributed by atoms with Gasteiger partial charge in [0.15, 0.2) is 6.61 Å². The van der Waals surface area contributed by atoms with Crippen LogP contribution in [0.1, 0.15) is 0 Å². The smallest absolute Gasteiger partial charge is 0.341 e. The van der Waals surface area contributed by atoms with Crippen LogP contribution in [0.4, 0.5) is 5.69 Å². The number of anilines is 1. The first-order valence-electron chi connectivity index (χ1n) is 6.23. The van der Waals surface area contributed by atoms with Crippen molar-refractivity contribution in [3.05, 3.63) is 24.3 Å². The molecule has 1 fully saturated rings. The van der Waals surface area contributed by atoms with Gasteiger partial charge in [-0.2, -0.15) is 0 Å². The summed E-state index contributed by atoms with van der Waals surface area (Å²) in [6.07, 6.45) is -0.521. The molecule has 1 aliphatic rings. The van der Waals surface area contributed by atoms with Crippen LogP contribution < -0.4 is 15.4 Å². The second kappa shape index (κ2) is 6.88. The van der Waals surface area contributed by atoms with Gasteiger partial charge in [-0.1, -0.05) is 6.07 Å². The molecule has 0 bridgehead atoms. The SMILES string of the molecule is O=C(O)COc1cccc(NC(=O)C2CNCCO2)c1. The van der Waals surface area contributed by atoms with Gasteiger partial charge in [-0.05, 0) is 12.1 Å². The molecule has 3 N–H and O–H groups in total. The zero-order valence-electron chi connectivity index (χ0n) is 10.8. The molecule has 20 heavy (non-hydrogen) atoms. The molecule has 1 aromatic rings. The summed E-state index contributed by atoms with van der Waals surface area (Å²) in [6.45, 7) is 1.29. The van der Waals surface area contributed by atoms with E-state index in [-0.39, 0.29) is 5.91 Å². The Morgan fingerprint density at radius 1 is 1.50 bits per heavy atom. The van der Waals surface area contributed by atoms with Crippen molar-refractivity contribution in [1.29, 1.82) is 0 Å². The molecule has 0 saturated carbocycles. The standard InChI is InChI=1S/C13H16N2O5/c16-12(17)8-20-10-3-1-2-9(6-10)15-13(18)11-7-14-4-5-19-11/h1-3,6,11,14H,4-5,7-8H2,(H,15,18)(H,16,17). The van der Waals surface area contributed by atoms with Crippen LogP contribution in [0.5, 0.6) is 5.75 Å². The molecular weight excluding hydrogens is 264 g/mol. The number of hydrogen-bond acceptors (Lipinski definition) is 5. The number of benzene rings is 1. The minimum absolute atomic E-state index is 0.243. The maximum atomic E-state index is 11.9. The Balaban J connectivity index is 1.93. The molecule has 0 aromatic heterocycles. The minimum atomic E-state index is -1.05. The second-order valence-corrected chi connectivity index (χ2v) is 4.26. The number of carboxylic acids is 1. The lowest BCUT2D eigenvalue weighted by molar-refractivity contribution is -0.139. The van der Waals surface area contributed by atoms with Gasteiger partial charge in [-0.25, -0.2) is 4.79 Å². The van der Waals surface area contributed by atoms with E-state index in [1.54, 1.807) is 24.3 Å². The first kappa shape index (κ1) is 14.3. The van der Waals surface area contributed by atoms with Gasteiger partial charge in [0.1, 0.15) is 11.9 Å². The summed E-state index contributed by atoms with van der Waals surface area (Å²) in [5.74, 6) is -0.915. The van der Waals surface area contributed by atoms with E-state index in [1.165, 1.54) is 0 Å². The molecule has 2 rings (SSSR count). The van der Waals surface area contributed by atoms with E-state index in [4.69, 9.17) is 14.6 Å². The average molecular weight is 280 g/mol. The van der Waals surface area contributed by atoms with Crippen LogP contribution in [0.15, 0.2) is 24.3 Å². The lowest BCUT2D eigenvalue weighted by Gasteiger charge is -2.22. The lowest BCUT2D eigenvalue weighted by Crippen LogP contribution is -2.45. The molecule has 1 saturated heterocycles. The molecule has 1 atom stereocenters. The van der Waals surface area contributed by atoms with E-state index in [1.807, 2.05) is 0 Å². The molecule has 0 radical (unpaired) electrons. The predicted octanol–water partition coefficient (Wildman–Crippen LogP) is 0.0769. The first-order chi connectivity index (χ1) is 9.65. The van der Waals surface area contributed by atoms with E-state index in [0.717, 1.165) is 6.54 Å². The molecule has 108 valence electrons. The summed E-state index contributed by atoms with van der Waals surface area (Å²) in [7, 11) is 0. The third-order valence-corrected chi connectivity index (χ3v) is 2.68. The number of carboxylic acid groups (broad SMARTS) is 1. The van der Waals surface area contributed by atoms with Gasteiger partial charge in [0, 0.05) is 24.8 Å². The summed E-state index contributed by atoms with van der Waals surface area (Å²) in [5, 5.41) is 14.3. The van der Waals surface area contributed by atoms with Crippen molar-refractivity contribution in [3.8, 4) is 5.75 Å². The van der Waals surface area contributed by atoms with Gasteiger partial charge in [-0.15, -0.1) is 0 Å². The summed E-state index contributed by atoms with van der Waals surface area (Å²) in [4.78, 5) is 22.4. The van der Waals surface area contributed by atoms with E-state index in [2.05, 4.69) is 10.6 Å². The van der Waals surface area contributed by atoms with Crippen molar-refractivity contribution in [2.45, 2.75) is 6.10 Å².